The van der Waals surface area contributed by atoms with Crippen molar-refractivity contribution in [1.82, 2.24) is 15.4 Å². The molecule has 9 nitrogen and oxygen atoms in total. The van der Waals surface area contributed by atoms with Crippen LogP contribution in [0.5, 0.6) is 0 Å². The van der Waals surface area contributed by atoms with Gasteiger partial charge < -0.3 is 16.4 Å². The van der Waals surface area contributed by atoms with Crippen LogP contribution >= 0.6 is 11.8 Å². The van der Waals surface area contributed by atoms with Gasteiger partial charge in [0.05, 0.1) is 11.4 Å². The van der Waals surface area contributed by atoms with Crippen molar-refractivity contribution >= 4 is 39.5 Å². The maximum atomic E-state index is 12.7. The summed E-state index contributed by atoms with van der Waals surface area (Å²) in [6.07, 6.45) is 2.21. The minimum absolute atomic E-state index is 0.0900. The molecule has 0 heterocycles. The number of sulfonamides is 1. The van der Waals surface area contributed by atoms with Gasteiger partial charge in [-0.1, -0.05) is 30.3 Å². The first kappa shape index (κ1) is 25.4. The third kappa shape index (κ3) is 7.98. The smallest absolute Gasteiger partial charge is 0.251 e. The van der Waals surface area contributed by atoms with Crippen molar-refractivity contribution in [3.63, 3.8) is 0 Å². The van der Waals surface area contributed by atoms with Crippen LogP contribution in [0.15, 0.2) is 59.5 Å². The Bertz CT molecular complexity index is 1030. The minimum atomic E-state index is -3.84. The van der Waals surface area contributed by atoms with E-state index in [4.69, 9.17) is 5.73 Å². The number of rotatable bonds is 12. The number of carbonyl (C=O) groups is 3. The summed E-state index contributed by atoms with van der Waals surface area (Å²) in [6, 6.07) is 13.4. The van der Waals surface area contributed by atoms with Crippen LogP contribution in [0.3, 0.4) is 0 Å². The molecule has 2 aromatic carbocycles. The fraction of sp³-hybridized carbons (Fsp3) is 0.286. The molecule has 0 radical (unpaired) electrons. The van der Waals surface area contributed by atoms with Crippen molar-refractivity contribution in [2.45, 2.75) is 23.9 Å². The molecule has 0 fully saturated rings. The van der Waals surface area contributed by atoms with Gasteiger partial charge in [0.25, 0.3) is 5.91 Å². The van der Waals surface area contributed by atoms with E-state index < -0.39 is 33.8 Å². The number of primary amides is 1. The average molecular weight is 479 g/mol. The van der Waals surface area contributed by atoms with Crippen LogP contribution in [0.2, 0.25) is 0 Å². The lowest BCUT2D eigenvalue weighted by atomic mass is 10.1. The molecule has 1 atom stereocenters. The lowest BCUT2D eigenvalue weighted by Gasteiger charge is -2.18. The number of carbonyl (C=O) groups excluding carboxylic acids is 3. The molecule has 1 unspecified atom stereocenters. The van der Waals surface area contributed by atoms with Crippen molar-refractivity contribution in [3.8, 4) is 0 Å². The monoisotopic (exact) mass is 478 g/mol. The second kappa shape index (κ2) is 12.2. The van der Waals surface area contributed by atoms with Gasteiger partial charge in [-0.2, -0.15) is 16.5 Å². The average Bonchev–Trinajstić information content (AvgIpc) is 2.79. The molecular weight excluding hydrogens is 452 g/mol. The van der Waals surface area contributed by atoms with Crippen LogP contribution in [-0.4, -0.2) is 50.7 Å². The van der Waals surface area contributed by atoms with E-state index in [0.29, 0.717) is 17.7 Å². The zero-order valence-electron chi connectivity index (χ0n) is 17.5. The van der Waals surface area contributed by atoms with Gasteiger partial charge >= 0.3 is 0 Å². The molecule has 0 aromatic heterocycles. The lowest BCUT2D eigenvalue weighted by molar-refractivity contribution is -0.123. The second-order valence-electron chi connectivity index (χ2n) is 6.83. The van der Waals surface area contributed by atoms with Gasteiger partial charge in [0, 0.05) is 12.1 Å². The van der Waals surface area contributed by atoms with E-state index in [9.17, 15) is 22.8 Å². The Hall–Kier alpha value is -2.89. The highest BCUT2D eigenvalue weighted by Gasteiger charge is 2.25. The largest absolute Gasteiger partial charge is 0.368 e. The van der Waals surface area contributed by atoms with Crippen LogP contribution in [0.1, 0.15) is 22.3 Å². The first-order valence-corrected chi connectivity index (χ1v) is 12.6. The highest BCUT2D eigenvalue weighted by atomic mass is 32.2. The van der Waals surface area contributed by atoms with Gasteiger partial charge in [0.1, 0.15) is 6.04 Å². The fourth-order valence-electron chi connectivity index (χ4n) is 2.69. The van der Waals surface area contributed by atoms with E-state index in [1.165, 1.54) is 23.9 Å². The summed E-state index contributed by atoms with van der Waals surface area (Å²) in [5.74, 6) is -0.921. The SMILES string of the molecule is CSCCC(NS(=O)(=O)c1ccccc1)C(=O)NCc1ccc(C(=O)NCC(N)=O)cc1. The molecule has 0 saturated heterocycles. The van der Waals surface area contributed by atoms with Crippen molar-refractivity contribution in [2.24, 2.45) is 5.73 Å². The first-order chi connectivity index (χ1) is 15.2. The van der Waals surface area contributed by atoms with E-state index in [1.54, 1.807) is 42.5 Å². The number of nitrogens with two attached hydrogens (primary N) is 1. The summed E-state index contributed by atoms with van der Waals surface area (Å²) < 4.78 is 27.7. The third-order valence-electron chi connectivity index (χ3n) is 4.38. The zero-order chi connectivity index (χ0) is 23.6. The highest BCUT2D eigenvalue weighted by Crippen LogP contribution is 2.11. The number of benzene rings is 2. The number of hydrogen-bond acceptors (Lipinski definition) is 6. The van der Waals surface area contributed by atoms with Crippen LogP contribution in [0.4, 0.5) is 0 Å². The van der Waals surface area contributed by atoms with Gasteiger partial charge in [-0.3, -0.25) is 14.4 Å². The number of nitrogens with one attached hydrogen (secondary N) is 3. The molecule has 0 aliphatic carbocycles. The molecule has 0 saturated carbocycles. The molecule has 0 aliphatic heterocycles. The number of hydrogen-bond donors (Lipinski definition) is 4. The molecule has 32 heavy (non-hydrogen) atoms. The molecule has 0 bridgehead atoms. The van der Waals surface area contributed by atoms with Crippen molar-refractivity contribution in [3.05, 3.63) is 65.7 Å². The molecular formula is C21H26N4O5S2. The first-order valence-electron chi connectivity index (χ1n) is 9.72. The Kier molecular flexibility index (Phi) is 9.69. The van der Waals surface area contributed by atoms with Crippen LogP contribution in [-0.2, 0) is 26.2 Å². The fourth-order valence-corrected chi connectivity index (χ4v) is 4.41. The Morgan fingerprint density at radius 2 is 1.66 bits per heavy atom. The summed E-state index contributed by atoms with van der Waals surface area (Å²) in [5.41, 5.74) is 6.06. The summed E-state index contributed by atoms with van der Waals surface area (Å²) in [6.45, 7) is -0.0994. The van der Waals surface area contributed by atoms with Crippen molar-refractivity contribution in [1.29, 1.82) is 0 Å². The number of thioether (sulfide) groups is 1. The number of amides is 3. The second-order valence-corrected chi connectivity index (χ2v) is 9.53. The van der Waals surface area contributed by atoms with Crippen LogP contribution < -0.4 is 21.1 Å². The van der Waals surface area contributed by atoms with Crippen molar-refractivity contribution < 1.29 is 22.8 Å². The van der Waals surface area contributed by atoms with E-state index >= 15 is 0 Å². The third-order valence-corrected chi connectivity index (χ3v) is 6.52. The van der Waals surface area contributed by atoms with E-state index in [-0.39, 0.29) is 18.0 Å². The molecule has 3 amide bonds. The zero-order valence-corrected chi connectivity index (χ0v) is 19.2. The Morgan fingerprint density at radius 3 is 2.25 bits per heavy atom. The molecule has 2 aromatic rings. The van der Waals surface area contributed by atoms with Gasteiger partial charge in [0.2, 0.25) is 21.8 Å². The molecule has 172 valence electrons. The lowest BCUT2D eigenvalue weighted by Crippen LogP contribution is -2.46. The van der Waals surface area contributed by atoms with Gasteiger partial charge in [-0.05, 0) is 48.3 Å². The normalized spacial score (nSPS) is 12.0. The maximum Gasteiger partial charge on any atom is 0.251 e. The molecule has 0 spiro atoms. The predicted molar refractivity (Wildman–Crippen MR) is 123 cm³/mol. The highest BCUT2D eigenvalue weighted by molar-refractivity contribution is 7.98. The quantitative estimate of drug-likeness (QED) is 0.352. The summed E-state index contributed by atoms with van der Waals surface area (Å²) in [4.78, 5) is 35.5. The van der Waals surface area contributed by atoms with Crippen LogP contribution in [0.25, 0.3) is 0 Å². The Labute approximate surface area is 191 Å². The molecule has 11 heteroatoms. The van der Waals surface area contributed by atoms with Gasteiger partial charge in [0.15, 0.2) is 0 Å². The van der Waals surface area contributed by atoms with E-state index in [1.807, 2.05) is 6.26 Å². The van der Waals surface area contributed by atoms with Crippen LogP contribution in [0, 0.1) is 0 Å². The topological polar surface area (TPSA) is 147 Å². The molecule has 5 N–H and O–H groups in total. The predicted octanol–water partition coefficient (Wildman–Crippen LogP) is 0.618. The Morgan fingerprint density at radius 1 is 1.00 bits per heavy atom. The van der Waals surface area contributed by atoms with Crippen molar-refractivity contribution in [2.75, 3.05) is 18.6 Å². The van der Waals surface area contributed by atoms with Gasteiger partial charge in [-0.25, -0.2) is 8.42 Å². The summed E-state index contributed by atoms with van der Waals surface area (Å²) in [5, 5.41) is 5.12. The van der Waals surface area contributed by atoms with E-state index in [0.717, 1.165) is 5.56 Å². The summed E-state index contributed by atoms with van der Waals surface area (Å²) in [7, 11) is -3.84. The van der Waals surface area contributed by atoms with Gasteiger partial charge in [-0.15, -0.1) is 0 Å². The standard InChI is InChI=1S/C21H26N4O5S2/c1-31-12-11-18(25-32(29,30)17-5-3-2-4-6-17)21(28)23-13-15-7-9-16(10-8-15)20(27)24-14-19(22)26/h2-10,18,25H,11-14H2,1H3,(H2,22,26)(H,23,28)(H,24,27). The molecule has 2 rings (SSSR count). The molecule has 0 aliphatic rings. The summed E-state index contributed by atoms with van der Waals surface area (Å²) >= 11 is 1.51. The van der Waals surface area contributed by atoms with E-state index in [2.05, 4.69) is 15.4 Å². The minimum Gasteiger partial charge on any atom is -0.368 e. The Balaban J connectivity index is 1.99. The maximum absolute atomic E-state index is 12.7.